The summed E-state index contributed by atoms with van der Waals surface area (Å²) in [7, 11) is 3.12. The normalized spacial score (nSPS) is 18.7. The quantitative estimate of drug-likeness (QED) is 0.748. The standard InChI is InChI=1S/C19H28N2O5/c1-5-26-19(23)14-7-6-8-21(12-14)13(2)18(22)20-15-9-16(24-3)11-17(10-15)25-4/h9-11,13-14H,5-8,12H2,1-4H3,(H,20,22). The first-order valence-electron chi connectivity index (χ1n) is 8.93. The van der Waals surface area contributed by atoms with E-state index >= 15 is 0 Å². The van der Waals surface area contributed by atoms with E-state index in [2.05, 4.69) is 5.32 Å². The van der Waals surface area contributed by atoms with Crippen LogP contribution in [0.3, 0.4) is 0 Å². The number of carbonyl (C=O) groups excluding carboxylic acids is 2. The van der Waals surface area contributed by atoms with Gasteiger partial charge >= 0.3 is 5.97 Å². The summed E-state index contributed by atoms with van der Waals surface area (Å²) in [6.07, 6.45) is 1.67. The Balaban J connectivity index is 2.01. The molecule has 2 unspecified atom stereocenters. The molecule has 0 bridgehead atoms. The van der Waals surface area contributed by atoms with Gasteiger partial charge in [0.25, 0.3) is 0 Å². The van der Waals surface area contributed by atoms with Gasteiger partial charge in [-0.1, -0.05) is 0 Å². The second-order valence-electron chi connectivity index (χ2n) is 6.35. The summed E-state index contributed by atoms with van der Waals surface area (Å²) in [5.74, 6) is 0.725. The van der Waals surface area contributed by atoms with Crippen LogP contribution in [0.25, 0.3) is 0 Å². The number of methoxy groups -OCH3 is 2. The van der Waals surface area contributed by atoms with Crippen molar-refractivity contribution < 1.29 is 23.8 Å². The first kappa shape index (κ1) is 20.0. The van der Waals surface area contributed by atoms with Crippen LogP contribution in [0.4, 0.5) is 5.69 Å². The molecule has 26 heavy (non-hydrogen) atoms. The maximum absolute atomic E-state index is 12.7. The van der Waals surface area contributed by atoms with Crippen LogP contribution in [0.1, 0.15) is 26.7 Å². The maximum Gasteiger partial charge on any atom is 0.310 e. The predicted molar refractivity (Wildman–Crippen MR) is 98.6 cm³/mol. The molecular weight excluding hydrogens is 336 g/mol. The number of nitrogens with zero attached hydrogens (tertiary/aromatic N) is 1. The Kier molecular flexibility index (Phi) is 7.26. The van der Waals surface area contributed by atoms with E-state index in [9.17, 15) is 9.59 Å². The Morgan fingerprint density at radius 2 is 1.88 bits per heavy atom. The summed E-state index contributed by atoms with van der Waals surface area (Å²) in [6.45, 7) is 5.35. The molecule has 2 atom stereocenters. The van der Waals surface area contributed by atoms with Crippen LogP contribution < -0.4 is 14.8 Å². The van der Waals surface area contributed by atoms with E-state index in [0.717, 1.165) is 19.4 Å². The predicted octanol–water partition coefficient (Wildman–Crippen LogP) is 2.31. The van der Waals surface area contributed by atoms with Crippen LogP contribution in [-0.4, -0.2) is 56.7 Å². The zero-order valence-electron chi connectivity index (χ0n) is 15.9. The second kappa shape index (κ2) is 9.43. The summed E-state index contributed by atoms with van der Waals surface area (Å²) in [5, 5.41) is 2.90. The monoisotopic (exact) mass is 364 g/mol. The number of esters is 1. The van der Waals surface area contributed by atoms with Crippen LogP contribution in [0, 0.1) is 5.92 Å². The Morgan fingerprint density at radius 3 is 2.46 bits per heavy atom. The first-order chi connectivity index (χ1) is 12.5. The fraction of sp³-hybridized carbons (Fsp3) is 0.579. The largest absolute Gasteiger partial charge is 0.497 e. The number of likely N-dealkylation sites (tertiary alicyclic amines) is 1. The highest BCUT2D eigenvalue weighted by Gasteiger charge is 2.31. The van der Waals surface area contributed by atoms with Crippen LogP contribution in [0.2, 0.25) is 0 Å². The van der Waals surface area contributed by atoms with E-state index in [4.69, 9.17) is 14.2 Å². The van der Waals surface area contributed by atoms with Gasteiger partial charge in [-0.2, -0.15) is 0 Å². The van der Waals surface area contributed by atoms with E-state index < -0.39 is 0 Å². The minimum atomic E-state index is -0.357. The van der Waals surface area contributed by atoms with Crippen molar-refractivity contribution in [2.24, 2.45) is 5.92 Å². The third kappa shape index (κ3) is 5.11. The smallest absolute Gasteiger partial charge is 0.310 e. The average Bonchev–Trinajstić information content (AvgIpc) is 2.67. The summed E-state index contributed by atoms with van der Waals surface area (Å²) in [4.78, 5) is 26.7. The van der Waals surface area contributed by atoms with Crippen molar-refractivity contribution >= 4 is 17.6 Å². The van der Waals surface area contributed by atoms with E-state index in [1.165, 1.54) is 0 Å². The van der Waals surface area contributed by atoms with Gasteiger partial charge in [-0.3, -0.25) is 14.5 Å². The van der Waals surface area contributed by atoms with Crippen molar-refractivity contribution in [3.63, 3.8) is 0 Å². The zero-order valence-corrected chi connectivity index (χ0v) is 15.9. The van der Waals surface area contributed by atoms with Gasteiger partial charge in [-0.05, 0) is 33.2 Å². The molecule has 0 aromatic heterocycles. The highest BCUT2D eigenvalue weighted by Crippen LogP contribution is 2.26. The maximum atomic E-state index is 12.7. The summed E-state index contributed by atoms with van der Waals surface area (Å²) >= 11 is 0. The van der Waals surface area contributed by atoms with E-state index in [-0.39, 0.29) is 23.8 Å². The molecule has 144 valence electrons. The number of amides is 1. The number of nitrogens with one attached hydrogen (secondary N) is 1. The van der Waals surface area contributed by atoms with Crippen LogP contribution in [0.15, 0.2) is 18.2 Å². The summed E-state index contributed by atoms with van der Waals surface area (Å²) in [6, 6.07) is 4.87. The zero-order chi connectivity index (χ0) is 19.1. The SMILES string of the molecule is CCOC(=O)C1CCCN(C(C)C(=O)Nc2cc(OC)cc(OC)c2)C1. The molecule has 1 aromatic carbocycles. The fourth-order valence-electron chi connectivity index (χ4n) is 3.10. The first-order valence-corrected chi connectivity index (χ1v) is 8.93. The molecule has 1 saturated heterocycles. The number of benzene rings is 1. The van der Waals surface area contributed by atoms with Crippen molar-refractivity contribution in [3.8, 4) is 11.5 Å². The van der Waals surface area contributed by atoms with E-state index in [1.54, 1.807) is 39.3 Å². The van der Waals surface area contributed by atoms with E-state index in [0.29, 0.717) is 30.3 Å². The molecule has 7 nitrogen and oxygen atoms in total. The van der Waals surface area contributed by atoms with Gasteiger partial charge in [0.05, 0.1) is 32.8 Å². The van der Waals surface area contributed by atoms with Gasteiger partial charge in [-0.25, -0.2) is 0 Å². The van der Waals surface area contributed by atoms with Crippen molar-refractivity contribution in [2.75, 3.05) is 39.2 Å². The number of piperidine rings is 1. The Hall–Kier alpha value is -2.28. The molecule has 0 spiro atoms. The Bertz CT molecular complexity index is 612. The van der Waals surface area contributed by atoms with Gasteiger partial charge in [0, 0.05) is 30.4 Å². The highest BCUT2D eigenvalue weighted by molar-refractivity contribution is 5.95. The molecule has 0 saturated carbocycles. The van der Waals surface area contributed by atoms with Gasteiger partial charge < -0.3 is 19.5 Å². The lowest BCUT2D eigenvalue weighted by Crippen LogP contribution is -2.48. The van der Waals surface area contributed by atoms with E-state index in [1.807, 2.05) is 11.8 Å². The number of rotatable bonds is 7. The highest BCUT2D eigenvalue weighted by atomic mass is 16.5. The third-order valence-electron chi connectivity index (χ3n) is 4.62. The molecule has 2 rings (SSSR count). The number of carbonyl (C=O) groups is 2. The molecule has 1 aliphatic heterocycles. The summed E-state index contributed by atoms with van der Waals surface area (Å²) in [5.41, 5.74) is 0.608. The van der Waals surface area contributed by atoms with Crippen molar-refractivity contribution in [1.29, 1.82) is 0 Å². The third-order valence-corrected chi connectivity index (χ3v) is 4.62. The molecule has 1 N–H and O–H groups in total. The Morgan fingerprint density at radius 1 is 1.23 bits per heavy atom. The number of hydrogen-bond donors (Lipinski definition) is 1. The topological polar surface area (TPSA) is 77.1 Å². The minimum Gasteiger partial charge on any atom is -0.497 e. The van der Waals surface area contributed by atoms with Crippen LogP contribution in [0.5, 0.6) is 11.5 Å². The van der Waals surface area contributed by atoms with Gasteiger partial charge in [0.15, 0.2) is 0 Å². The summed E-state index contributed by atoms with van der Waals surface area (Å²) < 4.78 is 15.6. The lowest BCUT2D eigenvalue weighted by atomic mass is 9.97. The van der Waals surface area contributed by atoms with Gasteiger partial charge in [0.1, 0.15) is 11.5 Å². The molecule has 1 heterocycles. The van der Waals surface area contributed by atoms with Crippen LogP contribution in [-0.2, 0) is 14.3 Å². The Labute approximate surface area is 154 Å². The lowest BCUT2D eigenvalue weighted by molar-refractivity contribution is -0.150. The molecule has 1 fully saturated rings. The van der Waals surface area contributed by atoms with Crippen molar-refractivity contribution in [1.82, 2.24) is 4.90 Å². The van der Waals surface area contributed by atoms with Crippen molar-refractivity contribution in [3.05, 3.63) is 18.2 Å². The fourth-order valence-corrected chi connectivity index (χ4v) is 3.10. The van der Waals surface area contributed by atoms with Gasteiger partial charge in [-0.15, -0.1) is 0 Å². The second-order valence-corrected chi connectivity index (χ2v) is 6.35. The molecule has 1 aliphatic rings. The molecule has 0 radical (unpaired) electrons. The van der Waals surface area contributed by atoms with Gasteiger partial charge in [0.2, 0.25) is 5.91 Å². The average molecular weight is 364 g/mol. The molecule has 1 amide bonds. The minimum absolute atomic E-state index is 0.134. The van der Waals surface area contributed by atoms with Crippen molar-refractivity contribution in [2.45, 2.75) is 32.7 Å². The lowest BCUT2D eigenvalue weighted by Gasteiger charge is -2.35. The molecule has 1 aromatic rings. The number of ether oxygens (including phenoxy) is 3. The number of anilines is 1. The molecular formula is C19H28N2O5. The molecule has 7 heteroatoms. The van der Waals surface area contributed by atoms with Crippen LogP contribution >= 0.6 is 0 Å². The number of hydrogen-bond acceptors (Lipinski definition) is 6. The molecule has 0 aliphatic carbocycles.